The van der Waals surface area contributed by atoms with Crippen molar-refractivity contribution in [1.82, 2.24) is 15.4 Å². The Morgan fingerprint density at radius 1 is 1.25 bits per heavy atom. The number of carbonyl (C=O) groups is 3. The van der Waals surface area contributed by atoms with Crippen molar-refractivity contribution in [3.05, 3.63) is 52.0 Å². The quantitative estimate of drug-likeness (QED) is 0.800. The van der Waals surface area contributed by atoms with Crippen LogP contribution in [0.15, 0.2) is 35.8 Å². The van der Waals surface area contributed by atoms with E-state index in [0.717, 1.165) is 5.56 Å². The second-order valence-electron chi connectivity index (χ2n) is 4.79. The van der Waals surface area contributed by atoms with E-state index in [-0.39, 0.29) is 13.1 Å². The molecule has 2 aromatic rings. The molecule has 2 N–H and O–H groups in total. The van der Waals surface area contributed by atoms with Crippen LogP contribution in [-0.2, 0) is 22.7 Å². The summed E-state index contributed by atoms with van der Waals surface area (Å²) in [5.41, 5.74) is 3.02. The number of rotatable bonds is 5. The van der Waals surface area contributed by atoms with Crippen molar-refractivity contribution in [3.8, 4) is 0 Å². The Kier molecular flexibility index (Phi) is 5.85. The van der Waals surface area contributed by atoms with Gasteiger partial charge in [0.1, 0.15) is 5.01 Å². The van der Waals surface area contributed by atoms with Crippen molar-refractivity contribution in [3.63, 3.8) is 0 Å². The average Bonchev–Trinajstić information content (AvgIpc) is 3.05. The number of nitrogens with zero attached hydrogens (tertiary/aromatic N) is 2. The maximum Gasteiger partial charge on any atom is 0.407 e. The molecule has 1 heterocycles. The Hall–Kier alpha value is -2.94. The highest BCUT2D eigenvalue weighted by molar-refractivity contribution is 7.09. The fraction of sp³-hybridized carbons (Fsp3) is 0.200. The summed E-state index contributed by atoms with van der Waals surface area (Å²) in [5.74, 6) is -1.19. The summed E-state index contributed by atoms with van der Waals surface area (Å²) in [6, 6.07) is 6.33. The summed E-state index contributed by atoms with van der Waals surface area (Å²) in [6.45, 7) is 1.54. The lowest BCUT2D eigenvalue weighted by Gasteiger charge is -2.18. The molecule has 0 bridgehead atoms. The van der Waals surface area contributed by atoms with E-state index in [0.29, 0.717) is 10.6 Å². The van der Waals surface area contributed by atoms with E-state index in [4.69, 9.17) is 0 Å². The van der Waals surface area contributed by atoms with E-state index in [2.05, 4.69) is 9.82 Å². The van der Waals surface area contributed by atoms with Crippen LogP contribution in [0.3, 0.4) is 0 Å². The van der Waals surface area contributed by atoms with Crippen molar-refractivity contribution in [2.24, 2.45) is 0 Å². The van der Waals surface area contributed by atoms with Gasteiger partial charge in [-0.1, -0.05) is 12.1 Å². The smallest absolute Gasteiger partial charge is 0.407 e. The molecule has 0 saturated carbocycles. The SMILES string of the molecule is CC(=O)ONC(=O)c1ccc(CN(Cc2nccs2)C(=O)O)cc1. The van der Waals surface area contributed by atoms with Gasteiger partial charge >= 0.3 is 12.1 Å². The largest absolute Gasteiger partial charge is 0.465 e. The zero-order chi connectivity index (χ0) is 17.5. The van der Waals surface area contributed by atoms with Gasteiger partial charge in [0.2, 0.25) is 0 Å². The van der Waals surface area contributed by atoms with Gasteiger partial charge in [0, 0.05) is 30.6 Å². The highest BCUT2D eigenvalue weighted by Crippen LogP contribution is 2.13. The average molecular weight is 349 g/mol. The molecule has 2 rings (SSSR count). The second-order valence-corrected chi connectivity index (χ2v) is 5.77. The van der Waals surface area contributed by atoms with E-state index >= 15 is 0 Å². The van der Waals surface area contributed by atoms with Crippen LogP contribution in [-0.4, -0.2) is 33.0 Å². The number of hydroxylamine groups is 1. The fourth-order valence-electron chi connectivity index (χ4n) is 1.84. The minimum absolute atomic E-state index is 0.167. The summed E-state index contributed by atoms with van der Waals surface area (Å²) >= 11 is 1.38. The van der Waals surface area contributed by atoms with Crippen LogP contribution >= 0.6 is 11.3 Å². The van der Waals surface area contributed by atoms with E-state index in [1.54, 1.807) is 23.7 Å². The van der Waals surface area contributed by atoms with Gasteiger partial charge in [-0.2, -0.15) is 5.48 Å². The lowest BCUT2D eigenvalue weighted by molar-refractivity contribution is -0.146. The first kappa shape index (κ1) is 17.4. The number of thiazole rings is 1. The first-order chi connectivity index (χ1) is 11.5. The van der Waals surface area contributed by atoms with Gasteiger partial charge < -0.3 is 9.94 Å². The molecule has 24 heavy (non-hydrogen) atoms. The minimum atomic E-state index is -1.05. The lowest BCUT2D eigenvalue weighted by Crippen LogP contribution is -2.28. The summed E-state index contributed by atoms with van der Waals surface area (Å²) in [7, 11) is 0. The zero-order valence-corrected chi connectivity index (χ0v) is 13.6. The molecular weight excluding hydrogens is 334 g/mol. The monoisotopic (exact) mass is 349 g/mol. The number of carboxylic acid groups (broad SMARTS) is 1. The molecule has 0 unspecified atom stereocenters. The van der Waals surface area contributed by atoms with Crippen LogP contribution in [0.5, 0.6) is 0 Å². The highest BCUT2D eigenvalue weighted by Gasteiger charge is 2.15. The molecule has 126 valence electrons. The molecule has 1 aromatic carbocycles. The maximum atomic E-state index is 11.7. The number of aromatic nitrogens is 1. The Morgan fingerprint density at radius 2 is 1.96 bits per heavy atom. The molecule has 0 aliphatic heterocycles. The van der Waals surface area contributed by atoms with Gasteiger partial charge in [-0.15, -0.1) is 11.3 Å². The van der Waals surface area contributed by atoms with Crippen LogP contribution < -0.4 is 5.48 Å². The highest BCUT2D eigenvalue weighted by atomic mass is 32.1. The third-order valence-electron chi connectivity index (χ3n) is 2.96. The number of carbonyl (C=O) groups excluding carboxylic acids is 2. The van der Waals surface area contributed by atoms with Gasteiger partial charge in [-0.25, -0.2) is 9.78 Å². The fourth-order valence-corrected chi connectivity index (χ4v) is 2.48. The maximum absolute atomic E-state index is 11.7. The van der Waals surface area contributed by atoms with Crippen LogP contribution in [0.2, 0.25) is 0 Å². The summed E-state index contributed by atoms with van der Waals surface area (Å²) in [5, 5.41) is 11.8. The number of hydrogen-bond acceptors (Lipinski definition) is 6. The zero-order valence-electron chi connectivity index (χ0n) is 12.8. The summed E-state index contributed by atoms with van der Waals surface area (Å²) < 4.78 is 0. The molecule has 0 aliphatic carbocycles. The van der Waals surface area contributed by atoms with E-state index < -0.39 is 18.0 Å². The molecule has 9 heteroatoms. The summed E-state index contributed by atoms with van der Waals surface area (Å²) in [6.07, 6.45) is 0.568. The lowest BCUT2D eigenvalue weighted by atomic mass is 10.1. The Morgan fingerprint density at radius 3 is 2.50 bits per heavy atom. The molecule has 0 fully saturated rings. The van der Waals surface area contributed by atoms with Crippen LogP contribution in [0.25, 0.3) is 0 Å². The Balaban J connectivity index is 1.99. The molecular formula is C15H15N3O5S. The van der Waals surface area contributed by atoms with Crippen LogP contribution in [0.1, 0.15) is 27.9 Å². The third kappa shape index (κ3) is 5.06. The van der Waals surface area contributed by atoms with Gasteiger partial charge in [-0.05, 0) is 17.7 Å². The standard InChI is InChI=1S/C15H15N3O5S/c1-10(19)23-17-14(20)12-4-2-11(3-5-12)8-18(15(21)22)9-13-16-6-7-24-13/h2-7H,8-9H2,1H3,(H,17,20)(H,21,22). The number of hydrogen-bond donors (Lipinski definition) is 2. The van der Waals surface area contributed by atoms with Crippen molar-refractivity contribution >= 4 is 29.3 Å². The first-order valence-corrected chi connectivity index (χ1v) is 7.76. The van der Waals surface area contributed by atoms with E-state index in [1.165, 1.54) is 35.3 Å². The van der Waals surface area contributed by atoms with Crippen molar-refractivity contribution < 1.29 is 24.3 Å². The molecule has 0 saturated heterocycles. The normalized spacial score (nSPS) is 10.0. The third-order valence-corrected chi connectivity index (χ3v) is 3.72. The molecule has 8 nitrogen and oxygen atoms in total. The van der Waals surface area contributed by atoms with Crippen molar-refractivity contribution in [1.29, 1.82) is 0 Å². The molecule has 0 atom stereocenters. The van der Waals surface area contributed by atoms with Crippen LogP contribution in [0, 0.1) is 0 Å². The molecule has 2 amide bonds. The molecule has 1 aromatic heterocycles. The number of nitrogens with one attached hydrogen (secondary N) is 1. The van der Waals surface area contributed by atoms with Gasteiger partial charge in [0.25, 0.3) is 5.91 Å². The number of amides is 2. The van der Waals surface area contributed by atoms with E-state index in [1.807, 2.05) is 5.48 Å². The van der Waals surface area contributed by atoms with Crippen molar-refractivity contribution in [2.75, 3.05) is 0 Å². The number of benzene rings is 1. The molecule has 0 aliphatic rings. The van der Waals surface area contributed by atoms with Gasteiger partial charge in [0.05, 0.1) is 6.54 Å². The van der Waals surface area contributed by atoms with Gasteiger partial charge in [0.15, 0.2) is 0 Å². The summed E-state index contributed by atoms with van der Waals surface area (Å²) in [4.78, 5) is 43.4. The topological polar surface area (TPSA) is 109 Å². The van der Waals surface area contributed by atoms with E-state index in [9.17, 15) is 19.5 Å². The van der Waals surface area contributed by atoms with Crippen LogP contribution in [0.4, 0.5) is 4.79 Å². The Bertz CT molecular complexity index is 715. The Labute approximate surface area is 141 Å². The second kappa shape index (κ2) is 8.06. The van der Waals surface area contributed by atoms with Gasteiger partial charge in [-0.3, -0.25) is 14.5 Å². The predicted molar refractivity (Wildman–Crippen MR) is 85.1 cm³/mol. The predicted octanol–water partition coefficient (Wildman–Crippen LogP) is 2.03. The van der Waals surface area contributed by atoms with Crippen molar-refractivity contribution in [2.45, 2.75) is 20.0 Å². The first-order valence-electron chi connectivity index (χ1n) is 6.88. The molecule has 0 spiro atoms. The minimum Gasteiger partial charge on any atom is -0.465 e. The molecule has 0 radical (unpaired) electrons.